The van der Waals surface area contributed by atoms with Gasteiger partial charge in [-0.3, -0.25) is 0 Å². The van der Waals surface area contributed by atoms with Crippen molar-refractivity contribution in [1.82, 2.24) is 10.2 Å². The standard InChI is InChI=1S/C15H32N2O/c1-6-9-10-14(7-2)11-16-15(18)17(8-3)12-13(4)5/h13-14H,6-12H2,1-5H3,(H,16,18). The van der Waals surface area contributed by atoms with Crippen LogP contribution in [0.1, 0.15) is 60.3 Å². The maximum absolute atomic E-state index is 12.0. The summed E-state index contributed by atoms with van der Waals surface area (Å²) in [5.41, 5.74) is 0. The Morgan fingerprint density at radius 3 is 2.33 bits per heavy atom. The molecule has 0 heterocycles. The molecule has 0 saturated carbocycles. The monoisotopic (exact) mass is 256 g/mol. The van der Waals surface area contributed by atoms with Crippen molar-refractivity contribution in [2.24, 2.45) is 11.8 Å². The van der Waals surface area contributed by atoms with Gasteiger partial charge in [-0.15, -0.1) is 0 Å². The number of hydrogen-bond acceptors (Lipinski definition) is 1. The van der Waals surface area contributed by atoms with Gasteiger partial charge in [-0.05, 0) is 25.2 Å². The maximum atomic E-state index is 12.0. The van der Waals surface area contributed by atoms with Crippen LogP contribution in [-0.2, 0) is 0 Å². The number of carbonyl (C=O) groups is 1. The normalized spacial score (nSPS) is 12.6. The minimum absolute atomic E-state index is 0.0983. The van der Waals surface area contributed by atoms with Gasteiger partial charge in [0.2, 0.25) is 0 Å². The largest absolute Gasteiger partial charge is 0.338 e. The lowest BCUT2D eigenvalue weighted by molar-refractivity contribution is 0.191. The lowest BCUT2D eigenvalue weighted by Gasteiger charge is -2.24. The van der Waals surface area contributed by atoms with Crippen LogP contribution in [0.25, 0.3) is 0 Å². The predicted octanol–water partition coefficient (Wildman–Crippen LogP) is 3.89. The summed E-state index contributed by atoms with van der Waals surface area (Å²) in [6.45, 7) is 13.2. The number of amides is 2. The number of carbonyl (C=O) groups excluding carboxylic acids is 1. The molecule has 1 atom stereocenters. The molecule has 0 rings (SSSR count). The number of hydrogen-bond donors (Lipinski definition) is 1. The minimum atomic E-state index is 0.0983. The fourth-order valence-corrected chi connectivity index (χ4v) is 2.08. The van der Waals surface area contributed by atoms with Gasteiger partial charge in [0.15, 0.2) is 0 Å². The second kappa shape index (κ2) is 10.2. The SMILES string of the molecule is CCCCC(CC)CNC(=O)N(CC)CC(C)C. The molecule has 0 aliphatic heterocycles. The summed E-state index contributed by atoms with van der Waals surface area (Å²) in [5.74, 6) is 1.16. The summed E-state index contributed by atoms with van der Waals surface area (Å²) in [6.07, 6.45) is 4.87. The smallest absolute Gasteiger partial charge is 0.317 e. The summed E-state index contributed by atoms with van der Waals surface area (Å²) >= 11 is 0. The molecule has 1 N–H and O–H groups in total. The number of unbranched alkanes of at least 4 members (excludes halogenated alkanes) is 1. The molecule has 3 heteroatoms. The minimum Gasteiger partial charge on any atom is -0.338 e. The van der Waals surface area contributed by atoms with E-state index in [1.54, 1.807) is 0 Å². The highest BCUT2D eigenvalue weighted by Gasteiger charge is 2.14. The molecule has 0 aromatic heterocycles. The Kier molecular flexibility index (Phi) is 9.80. The molecule has 0 aromatic rings. The van der Waals surface area contributed by atoms with Gasteiger partial charge >= 0.3 is 6.03 Å². The second-order valence-electron chi connectivity index (χ2n) is 5.54. The van der Waals surface area contributed by atoms with Crippen LogP contribution in [0.3, 0.4) is 0 Å². The molecule has 2 amide bonds. The van der Waals surface area contributed by atoms with Crippen molar-refractivity contribution in [2.75, 3.05) is 19.6 Å². The Labute approximate surface area is 113 Å². The van der Waals surface area contributed by atoms with E-state index in [0.29, 0.717) is 11.8 Å². The Hall–Kier alpha value is -0.730. The zero-order valence-electron chi connectivity index (χ0n) is 13.0. The lowest BCUT2D eigenvalue weighted by Crippen LogP contribution is -2.43. The summed E-state index contributed by atoms with van der Waals surface area (Å²) in [5, 5.41) is 3.09. The van der Waals surface area contributed by atoms with E-state index in [-0.39, 0.29) is 6.03 Å². The van der Waals surface area contributed by atoms with Crippen LogP contribution < -0.4 is 5.32 Å². The third-order valence-corrected chi connectivity index (χ3v) is 3.34. The Morgan fingerprint density at radius 1 is 1.22 bits per heavy atom. The average Bonchev–Trinajstić information content (AvgIpc) is 2.35. The topological polar surface area (TPSA) is 32.3 Å². The van der Waals surface area contributed by atoms with Crippen molar-refractivity contribution in [3.63, 3.8) is 0 Å². The van der Waals surface area contributed by atoms with E-state index in [0.717, 1.165) is 26.1 Å². The third kappa shape index (κ3) is 7.57. The van der Waals surface area contributed by atoms with Gasteiger partial charge in [-0.1, -0.05) is 47.0 Å². The van der Waals surface area contributed by atoms with Crippen LogP contribution in [0.2, 0.25) is 0 Å². The van der Waals surface area contributed by atoms with E-state index in [1.807, 2.05) is 11.8 Å². The first-order valence-corrected chi connectivity index (χ1v) is 7.57. The van der Waals surface area contributed by atoms with Crippen molar-refractivity contribution in [3.8, 4) is 0 Å². The molecule has 0 aliphatic carbocycles. The fourth-order valence-electron chi connectivity index (χ4n) is 2.08. The molecule has 0 spiro atoms. The fraction of sp³-hybridized carbons (Fsp3) is 0.933. The van der Waals surface area contributed by atoms with Crippen molar-refractivity contribution in [1.29, 1.82) is 0 Å². The van der Waals surface area contributed by atoms with Crippen LogP contribution >= 0.6 is 0 Å². The Bertz CT molecular complexity index is 217. The summed E-state index contributed by atoms with van der Waals surface area (Å²) < 4.78 is 0. The van der Waals surface area contributed by atoms with Gasteiger partial charge in [0.1, 0.15) is 0 Å². The maximum Gasteiger partial charge on any atom is 0.317 e. The van der Waals surface area contributed by atoms with E-state index in [9.17, 15) is 4.79 Å². The number of nitrogens with one attached hydrogen (secondary N) is 1. The molecule has 1 unspecified atom stereocenters. The van der Waals surface area contributed by atoms with Crippen LogP contribution in [0.15, 0.2) is 0 Å². The van der Waals surface area contributed by atoms with Gasteiger partial charge < -0.3 is 10.2 Å². The van der Waals surface area contributed by atoms with Crippen LogP contribution in [-0.4, -0.2) is 30.6 Å². The summed E-state index contributed by atoms with van der Waals surface area (Å²) in [4.78, 5) is 13.9. The molecule has 3 nitrogen and oxygen atoms in total. The molecule has 0 saturated heterocycles. The lowest BCUT2D eigenvalue weighted by atomic mass is 9.99. The summed E-state index contributed by atoms with van der Waals surface area (Å²) in [6, 6.07) is 0.0983. The van der Waals surface area contributed by atoms with Crippen molar-refractivity contribution in [3.05, 3.63) is 0 Å². The average molecular weight is 256 g/mol. The molecule has 0 fully saturated rings. The van der Waals surface area contributed by atoms with Crippen molar-refractivity contribution < 1.29 is 4.79 Å². The number of urea groups is 1. The van der Waals surface area contributed by atoms with Crippen LogP contribution in [0, 0.1) is 11.8 Å². The van der Waals surface area contributed by atoms with Gasteiger partial charge in [0.25, 0.3) is 0 Å². The summed E-state index contributed by atoms with van der Waals surface area (Å²) in [7, 11) is 0. The molecule has 0 aliphatic rings. The molecular formula is C15H32N2O. The van der Waals surface area contributed by atoms with E-state index >= 15 is 0 Å². The predicted molar refractivity (Wildman–Crippen MR) is 78.8 cm³/mol. The Balaban J connectivity index is 4.03. The van der Waals surface area contributed by atoms with Gasteiger partial charge in [-0.2, -0.15) is 0 Å². The van der Waals surface area contributed by atoms with E-state index in [4.69, 9.17) is 0 Å². The van der Waals surface area contributed by atoms with Crippen LogP contribution in [0.5, 0.6) is 0 Å². The van der Waals surface area contributed by atoms with E-state index < -0.39 is 0 Å². The third-order valence-electron chi connectivity index (χ3n) is 3.34. The van der Waals surface area contributed by atoms with Crippen LogP contribution in [0.4, 0.5) is 4.79 Å². The first-order valence-electron chi connectivity index (χ1n) is 7.57. The van der Waals surface area contributed by atoms with E-state index in [1.165, 1.54) is 19.3 Å². The first-order chi connectivity index (χ1) is 8.54. The van der Waals surface area contributed by atoms with Crippen molar-refractivity contribution >= 4 is 6.03 Å². The molecule has 0 aromatic carbocycles. The van der Waals surface area contributed by atoms with Gasteiger partial charge in [0, 0.05) is 19.6 Å². The number of nitrogens with zero attached hydrogens (tertiary/aromatic N) is 1. The van der Waals surface area contributed by atoms with Gasteiger partial charge in [0.05, 0.1) is 0 Å². The molecule has 108 valence electrons. The van der Waals surface area contributed by atoms with Crippen molar-refractivity contribution in [2.45, 2.75) is 60.3 Å². The molecule has 0 bridgehead atoms. The zero-order chi connectivity index (χ0) is 14.0. The molecule has 18 heavy (non-hydrogen) atoms. The highest BCUT2D eigenvalue weighted by Crippen LogP contribution is 2.11. The highest BCUT2D eigenvalue weighted by molar-refractivity contribution is 5.74. The van der Waals surface area contributed by atoms with E-state index in [2.05, 4.69) is 33.0 Å². The highest BCUT2D eigenvalue weighted by atomic mass is 16.2. The Morgan fingerprint density at radius 2 is 1.89 bits per heavy atom. The molecule has 0 radical (unpaired) electrons. The number of rotatable bonds is 9. The second-order valence-corrected chi connectivity index (χ2v) is 5.54. The first kappa shape index (κ1) is 17.3. The zero-order valence-corrected chi connectivity index (χ0v) is 13.0. The van der Waals surface area contributed by atoms with Gasteiger partial charge in [-0.25, -0.2) is 4.79 Å². The molecular weight excluding hydrogens is 224 g/mol. The quantitative estimate of drug-likeness (QED) is 0.667.